The molecule has 0 spiro atoms. The van der Waals surface area contributed by atoms with Gasteiger partial charge in [-0.2, -0.15) is 0 Å². The van der Waals surface area contributed by atoms with Gasteiger partial charge in [0.05, 0.1) is 12.2 Å². The third-order valence-electron chi connectivity index (χ3n) is 3.09. The number of benzene rings is 1. The van der Waals surface area contributed by atoms with Gasteiger partial charge >= 0.3 is 6.03 Å². The van der Waals surface area contributed by atoms with Gasteiger partial charge in [-0.3, -0.25) is 0 Å². The van der Waals surface area contributed by atoms with Crippen molar-refractivity contribution in [3.63, 3.8) is 0 Å². The zero-order valence-corrected chi connectivity index (χ0v) is 13.4. The topological polar surface area (TPSA) is 58.4 Å². The van der Waals surface area contributed by atoms with Crippen molar-refractivity contribution in [2.45, 2.75) is 13.5 Å². The highest BCUT2D eigenvalue weighted by molar-refractivity contribution is 6.30. The molecule has 2 aromatic rings. The van der Waals surface area contributed by atoms with E-state index < -0.39 is 0 Å². The minimum absolute atomic E-state index is 0.205. The number of hydrogen-bond donors (Lipinski definition) is 1. The van der Waals surface area contributed by atoms with Crippen LogP contribution in [0.3, 0.4) is 0 Å². The van der Waals surface area contributed by atoms with E-state index in [9.17, 15) is 4.79 Å². The Bertz CT molecular complexity index is 665. The molecule has 0 aliphatic rings. The molecule has 0 radical (unpaired) electrons. The molecule has 0 fully saturated rings. The van der Waals surface area contributed by atoms with E-state index in [1.165, 1.54) is 4.90 Å². The summed E-state index contributed by atoms with van der Waals surface area (Å²) in [7, 11) is 1.69. The predicted octanol–water partition coefficient (Wildman–Crippen LogP) is 3.63. The third-order valence-corrected chi connectivity index (χ3v) is 3.34. The summed E-state index contributed by atoms with van der Waals surface area (Å²) in [4.78, 5) is 17.6. The lowest BCUT2D eigenvalue weighted by Gasteiger charge is -2.14. The van der Waals surface area contributed by atoms with Crippen LogP contribution in [0.5, 0.6) is 0 Å². The Kier molecular flexibility index (Phi) is 5.22. The maximum atomic E-state index is 11.8. The summed E-state index contributed by atoms with van der Waals surface area (Å²) in [5.74, 6) is 1.14. The summed E-state index contributed by atoms with van der Waals surface area (Å²) < 4.78 is 5.72. The standard InChI is InChI=1S/C16H18ClN3O2/c1-4-9-20(3)16(21)18-10-14-19-11(2)15(22-14)12-5-7-13(17)8-6-12/h4-8H,1,9-10H2,2-3H3,(H,18,21). The minimum atomic E-state index is -0.205. The SMILES string of the molecule is C=CCN(C)C(=O)NCc1nc(C)c(-c2ccc(Cl)cc2)o1. The molecule has 0 bridgehead atoms. The van der Waals surface area contributed by atoms with E-state index >= 15 is 0 Å². The molecule has 6 heteroatoms. The molecule has 116 valence electrons. The molecule has 0 saturated carbocycles. The highest BCUT2D eigenvalue weighted by atomic mass is 35.5. The zero-order valence-electron chi connectivity index (χ0n) is 12.6. The second-order valence-corrected chi connectivity index (χ2v) is 5.29. The number of likely N-dealkylation sites (N-methyl/N-ethyl adjacent to an activating group) is 1. The van der Waals surface area contributed by atoms with E-state index in [0.29, 0.717) is 23.2 Å². The van der Waals surface area contributed by atoms with Crippen molar-refractivity contribution in [3.05, 3.63) is 53.5 Å². The minimum Gasteiger partial charge on any atom is -0.438 e. The fraction of sp³-hybridized carbons (Fsp3) is 0.250. The van der Waals surface area contributed by atoms with Gasteiger partial charge in [0.1, 0.15) is 0 Å². The molecule has 1 aromatic heterocycles. The van der Waals surface area contributed by atoms with Gasteiger partial charge in [0.25, 0.3) is 0 Å². The zero-order chi connectivity index (χ0) is 16.1. The van der Waals surface area contributed by atoms with Crippen LogP contribution in [0.1, 0.15) is 11.6 Å². The first-order chi connectivity index (χ1) is 10.5. The number of oxazole rings is 1. The lowest BCUT2D eigenvalue weighted by atomic mass is 10.1. The number of nitrogens with one attached hydrogen (secondary N) is 1. The largest absolute Gasteiger partial charge is 0.438 e. The van der Waals surface area contributed by atoms with Crippen LogP contribution in [-0.4, -0.2) is 29.5 Å². The van der Waals surface area contributed by atoms with E-state index in [0.717, 1.165) is 11.3 Å². The Morgan fingerprint density at radius 3 is 2.77 bits per heavy atom. The summed E-state index contributed by atoms with van der Waals surface area (Å²) in [6.45, 7) is 6.17. The molecule has 0 aliphatic carbocycles. The number of halogens is 1. The highest BCUT2D eigenvalue weighted by Crippen LogP contribution is 2.25. The maximum absolute atomic E-state index is 11.8. The first-order valence-corrected chi connectivity index (χ1v) is 7.21. The molecular formula is C16H18ClN3O2. The second kappa shape index (κ2) is 7.13. The Balaban J connectivity index is 2.05. The summed E-state index contributed by atoms with van der Waals surface area (Å²) in [6.07, 6.45) is 1.66. The summed E-state index contributed by atoms with van der Waals surface area (Å²) in [6, 6.07) is 7.13. The van der Waals surface area contributed by atoms with Crippen molar-refractivity contribution < 1.29 is 9.21 Å². The van der Waals surface area contributed by atoms with Crippen LogP contribution >= 0.6 is 11.6 Å². The van der Waals surface area contributed by atoms with E-state index in [1.54, 1.807) is 25.3 Å². The monoisotopic (exact) mass is 319 g/mol. The van der Waals surface area contributed by atoms with Gasteiger partial charge in [0, 0.05) is 24.2 Å². The Labute approximate surface area is 134 Å². The van der Waals surface area contributed by atoms with Crippen molar-refractivity contribution in [3.8, 4) is 11.3 Å². The van der Waals surface area contributed by atoms with Crippen molar-refractivity contribution >= 4 is 17.6 Å². The highest BCUT2D eigenvalue weighted by Gasteiger charge is 2.13. The summed E-state index contributed by atoms with van der Waals surface area (Å²) in [5, 5.41) is 3.41. The predicted molar refractivity (Wildman–Crippen MR) is 86.7 cm³/mol. The van der Waals surface area contributed by atoms with Crippen LogP contribution in [0.25, 0.3) is 11.3 Å². The van der Waals surface area contributed by atoms with Gasteiger partial charge in [-0.1, -0.05) is 17.7 Å². The molecule has 1 N–H and O–H groups in total. The van der Waals surface area contributed by atoms with E-state index in [-0.39, 0.29) is 12.6 Å². The first-order valence-electron chi connectivity index (χ1n) is 6.83. The van der Waals surface area contributed by atoms with Gasteiger partial charge in [-0.05, 0) is 31.2 Å². The molecule has 22 heavy (non-hydrogen) atoms. The third kappa shape index (κ3) is 3.89. The quantitative estimate of drug-likeness (QED) is 0.856. The normalized spacial score (nSPS) is 10.3. The Hall–Kier alpha value is -2.27. The molecule has 1 heterocycles. The van der Waals surface area contributed by atoms with E-state index in [4.69, 9.17) is 16.0 Å². The van der Waals surface area contributed by atoms with Crippen molar-refractivity contribution in [2.75, 3.05) is 13.6 Å². The average Bonchev–Trinajstić information content (AvgIpc) is 2.87. The second-order valence-electron chi connectivity index (χ2n) is 4.86. The average molecular weight is 320 g/mol. The fourth-order valence-electron chi connectivity index (χ4n) is 1.96. The first kappa shape index (κ1) is 16.1. The lowest BCUT2D eigenvalue weighted by molar-refractivity contribution is 0.211. The molecule has 0 atom stereocenters. The van der Waals surface area contributed by atoms with Crippen LogP contribution in [0, 0.1) is 6.92 Å². The summed E-state index contributed by atoms with van der Waals surface area (Å²) >= 11 is 5.88. The van der Waals surface area contributed by atoms with Crippen molar-refractivity contribution in [2.24, 2.45) is 0 Å². The van der Waals surface area contributed by atoms with Crippen molar-refractivity contribution in [1.82, 2.24) is 15.2 Å². The number of urea groups is 1. The molecular weight excluding hydrogens is 302 g/mol. The van der Waals surface area contributed by atoms with Crippen LogP contribution in [0.15, 0.2) is 41.3 Å². The number of rotatable bonds is 5. The number of amides is 2. The number of carbonyl (C=O) groups excluding carboxylic acids is 1. The molecule has 0 unspecified atom stereocenters. The molecule has 5 nitrogen and oxygen atoms in total. The molecule has 0 aliphatic heterocycles. The lowest BCUT2D eigenvalue weighted by Crippen LogP contribution is -2.36. The van der Waals surface area contributed by atoms with Crippen LogP contribution < -0.4 is 5.32 Å². The van der Waals surface area contributed by atoms with Gasteiger partial charge in [-0.15, -0.1) is 6.58 Å². The molecule has 1 aromatic carbocycles. The molecule has 2 rings (SSSR count). The molecule has 2 amide bonds. The van der Waals surface area contributed by atoms with Crippen LogP contribution in [-0.2, 0) is 6.54 Å². The number of nitrogens with zero attached hydrogens (tertiary/aromatic N) is 2. The van der Waals surface area contributed by atoms with E-state index in [2.05, 4.69) is 16.9 Å². The Morgan fingerprint density at radius 2 is 2.14 bits per heavy atom. The van der Waals surface area contributed by atoms with Crippen LogP contribution in [0.2, 0.25) is 5.02 Å². The van der Waals surface area contributed by atoms with Gasteiger partial charge in [-0.25, -0.2) is 9.78 Å². The van der Waals surface area contributed by atoms with E-state index in [1.807, 2.05) is 19.1 Å². The van der Waals surface area contributed by atoms with Crippen molar-refractivity contribution in [1.29, 1.82) is 0 Å². The van der Waals surface area contributed by atoms with Gasteiger partial charge in [0.15, 0.2) is 5.76 Å². The number of aryl methyl sites for hydroxylation is 1. The van der Waals surface area contributed by atoms with Gasteiger partial charge in [0.2, 0.25) is 5.89 Å². The fourth-order valence-corrected chi connectivity index (χ4v) is 2.09. The smallest absolute Gasteiger partial charge is 0.317 e. The molecule has 0 saturated heterocycles. The number of aromatic nitrogens is 1. The number of carbonyl (C=O) groups is 1. The maximum Gasteiger partial charge on any atom is 0.317 e. The number of hydrogen-bond acceptors (Lipinski definition) is 3. The Morgan fingerprint density at radius 1 is 1.45 bits per heavy atom. The summed E-state index contributed by atoms with van der Waals surface area (Å²) in [5.41, 5.74) is 1.67. The van der Waals surface area contributed by atoms with Gasteiger partial charge < -0.3 is 14.6 Å². The van der Waals surface area contributed by atoms with Crippen LogP contribution in [0.4, 0.5) is 4.79 Å².